The molecule has 4 rings (SSSR count). The zero-order chi connectivity index (χ0) is 22.2. The summed E-state index contributed by atoms with van der Waals surface area (Å²) in [7, 11) is 0. The molecule has 0 aliphatic rings. The highest BCUT2D eigenvalue weighted by atomic mass is 19.4. The molecule has 1 N–H and O–H groups in total. The molecule has 0 unspecified atom stereocenters. The highest BCUT2D eigenvalue weighted by Crippen LogP contribution is 2.28. The van der Waals surface area contributed by atoms with Gasteiger partial charge in [-0.2, -0.15) is 23.0 Å². The van der Waals surface area contributed by atoms with Gasteiger partial charge in [-0.25, -0.2) is 4.68 Å². The molecule has 31 heavy (non-hydrogen) atoms. The molecule has 1 amide bonds. The van der Waals surface area contributed by atoms with Gasteiger partial charge in [-0.3, -0.25) is 4.79 Å². The maximum absolute atomic E-state index is 12.7. The van der Waals surface area contributed by atoms with Crippen molar-refractivity contribution in [2.45, 2.75) is 20.0 Å². The van der Waals surface area contributed by atoms with Crippen molar-refractivity contribution in [3.63, 3.8) is 0 Å². The van der Waals surface area contributed by atoms with Crippen LogP contribution in [0.2, 0.25) is 0 Å². The summed E-state index contributed by atoms with van der Waals surface area (Å²) >= 11 is 0. The van der Waals surface area contributed by atoms with Gasteiger partial charge in [0.25, 0.3) is 5.91 Å². The largest absolute Gasteiger partial charge is 0.435 e. The summed E-state index contributed by atoms with van der Waals surface area (Å²) in [4.78, 5) is 12.6. The van der Waals surface area contributed by atoms with E-state index in [1.54, 1.807) is 23.7 Å². The number of carbonyl (C=O) groups is 1. The van der Waals surface area contributed by atoms with E-state index in [1.807, 2.05) is 13.0 Å². The number of amides is 1. The fraction of sp³-hybridized carbons (Fsp3) is 0.150. The molecular formula is C20H16F3N7O. The van der Waals surface area contributed by atoms with E-state index < -0.39 is 11.9 Å². The van der Waals surface area contributed by atoms with E-state index in [4.69, 9.17) is 0 Å². The van der Waals surface area contributed by atoms with Crippen LogP contribution in [-0.4, -0.2) is 35.9 Å². The highest BCUT2D eigenvalue weighted by Gasteiger charge is 2.33. The molecule has 0 saturated heterocycles. The predicted molar refractivity (Wildman–Crippen MR) is 105 cm³/mol. The summed E-state index contributed by atoms with van der Waals surface area (Å²) < 4.78 is 40.8. The number of nitrogens with zero attached hydrogens (tertiary/aromatic N) is 6. The normalized spacial score (nSPS) is 11.5. The third-order valence-corrected chi connectivity index (χ3v) is 4.59. The van der Waals surface area contributed by atoms with Crippen LogP contribution in [-0.2, 0) is 6.18 Å². The zero-order valence-electron chi connectivity index (χ0n) is 16.4. The van der Waals surface area contributed by atoms with Crippen molar-refractivity contribution in [2.75, 3.05) is 5.32 Å². The standard InChI is InChI=1S/C20H16F3N7O/c1-12-3-6-15(11-17(12)30-13(2)25-27-28-30)24-19(31)14-4-7-16(8-5-14)29-10-9-18(26-29)20(21,22)23/h3-11H,1-2H3,(H,24,31). The molecule has 0 saturated carbocycles. The van der Waals surface area contributed by atoms with Crippen molar-refractivity contribution in [2.24, 2.45) is 0 Å². The Bertz CT molecular complexity index is 1240. The van der Waals surface area contributed by atoms with E-state index in [-0.39, 0.29) is 5.91 Å². The third-order valence-electron chi connectivity index (χ3n) is 4.59. The maximum atomic E-state index is 12.7. The van der Waals surface area contributed by atoms with Gasteiger partial charge in [0.1, 0.15) is 0 Å². The number of aromatic nitrogens is 6. The topological polar surface area (TPSA) is 90.5 Å². The number of halogens is 3. The monoisotopic (exact) mass is 427 g/mol. The van der Waals surface area contributed by atoms with E-state index in [1.165, 1.54) is 30.5 Å². The van der Waals surface area contributed by atoms with Gasteiger partial charge in [0.05, 0.1) is 11.4 Å². The summed E-state index contributed by atoms with van der Waals surface area (Å²) in [5.74, 6) is 0.237. The Morgan fingerprint density at radius 3 is 2.39 bits per heavy atom. The fourth-order valence-corrected chi connectivity index (χ4v) is 2.96. The molecule has 2 heterocycles. The second kappa shape index (κ2) is 7.67. The Hall–Kier alpha value is -4.02. The first-order valence-electron chi connectivity index (χ1n) is 9.13. The van der Waals surface area contributed by atoms with Crippen molar-refractivity contribution in [3.8, 4) is 11.4 Å². The van der Waals surface area contributed by atoms with Gasteiger partial charge in [-0.1, -0.05) is 6.07 Å². The van der Waals surface area contributed by atoms with Crippen molar-refractivity contribution in [3.05, 3.63) is 77.4 Å². The number of hydrogen-bond acceptors (Lipinski definition) is 5. The van der Waals surface area contributed by atoms with Gasteiger partial charge in [-0.15, -0.1) is 5.10 Å². The smallest absolute Gasteiger partial charge is 0.322 e. The minimum atomic E-state index is -4.52. The lowest BCUT2D eigenvalue weighted by Gasteiger charge is -2.11. The van der Waals surface area contributed by atoms with Gasteiger partial charge >= 0.3 is 6.18 Å². The lowest BCUT2D eigenvalue weighted by atomic mass is 10.1. The molecule has 0 bridgehead atoms. The first kappa shape index (κ1) is 20.3. The average molecular weight is 427 g/mol. The van der Waals surface area contributed by atoms with Crippen LogP contribution in [0.1, 0.15) is 27.4 Å². The molecule has 0 atom stereocenters. The number of hydrogen-bond donors (Lipinski definition) is 1. The number of aryl methyl sites for hydroxylation is 2. The number of nitrogens with one attached hydrogen (secondary N) is 1. The zero-order valence-corrected chi connectivity index (χ0v) is 16.4. The molecule has 2 aromatic carbocycles. The minimum absolute atomic E-state index is 0.340. The van der Waals surface area contributed by atoms with Crippen molar-refractivity contribution in [1.82, 2.24) is 30.0 Å². The Morgan fingerprint density at radius 1 is 1.03 bits per heavy atom. The fourth-order valence-electron chi connectivity index (χ4n) is 2.96. The summed E-state index contributed by atoms with van der Waals surface area (Å²) in [5.41, 5.74) is 1.96. The van der Waals surface area contributed by atoms with E-state index in [9.17, 15) is 18.0 Å². The lowest BCUT2D eigenvalue weighted by molar-refractivity contribution is -0.141. The van der Waals surface area contributed by atoms with Gasteiger partial charge in [0, 0.05) is 17.4 Å². The summed E-state index contributed by atoms with van der Waals surface area (Å²) in [5, 5.41) is 17.8. The number of benzene rings is 2. The summed E-state index contributed by atoms with van der Waals surface area (Å²) in [6.45, 7) is 3.67. The Kier molecular flexibility index (Phi) is 5.01. The molecule has 0 aliphatic carbocycles. The Morgan fingerprint density at radius 2 is 1.77 bits per heavy atom. The first-order valence-corrected chi connectivity index (χ1v) is 9.13. The Balaban J connectivity index is 1.52. The van der Waals surface area contributed by atoms with Crippen LogP contribution in [0.4, 0.5) is 18.9 Å². The van der Waals surface area contributed by atoms with Crippen LogP contribution in [0.15, 0.2) is 54.7 Å². The van der Waals surface area contributed by atoms with Crippen LogP contribution in [0, 0.1) is 13.8 Å². The van der Waals surface area contributed by atoms with Gasteiger partial charge in [0.15, 0.2) is 11.5 Å². The quantitative estimate of drug-likeness (QED) is 0.536. The maximum Gasteiger partial charge on any atom is 0.435 e. The lowest BCUT2D eigenvalue weighted by Crippen LogP contribution is -2.13. The molecule has 158 valence electrons. The molecule has 0 radical (unpaired) electrons. The van der Waals surface area contributed by atoms with Gasteiger partial charge < -0.3 is 5.32 Å². The summed E-state index contributed by atoms with van der Waals surface area (Å²) in [6.07, 6.45) is -3.30. The van der Waals surface area contributed by atoms with Crippen molar-refractivity contribution < 1.29 is 18.0 Å². The number of anilines is 1. The van der Waals surface area contributed by atoms with Crippen LogP contribution in [0.25, 0.3) is 11.4 Å². The number of rotatable bonds is 4. The molecule has 2 aromatic heterocycles. The van der Waals surface area contributed by atoms with E-state index in [0.717, 1.165) is 22.0 Å². The molecule has 0 spiro atoms. The molecule has 4 aromatic rings. The van der Waals surface area contributed by atoms with E-state index >= 15 is 0 Å². The molecule has 0 aliphatic heterocycles. The molecule has 8 nitrogen and oxygen atoms in total. The number of tetrazole rings is 1. The van der Waals surface area contributed by atoms with Crippen LogP contribution in [0.5, 0.6) is 0 Å². The third kappa shape index (κ3) is 4.15. The molecule has 0 fully saturated rings. The first-order chi connectivity index (χ1) is 14.7. The van der Waals surface area contributed by atoms with E-state index in [2.05, 4.69) is 25.9 Å². The van der Waals surface area contributed by atoms with Crippen molar-refractivity contribution in [1.29, 1.82) is 0 Å². The highest BCUT2D eigenvalue weighted by molar-refractivity contribution is 6.04. The number of carbonyl (C=O) groups excluding carboxylic acids is 1. The Labute approximate surface area is 174 Å². The van der Waals surface area contributed by atoms with Gasteiger partial charge in [0.2, 0.25) is 0 Å². The van der Waals surface area contributed by atoms with Crippen LogP contribution < -0.4 is 5.32 Å². The van der Waals surface area contributed by atoms with Crippen LogP contribution >= 0.6 is 0 Å². The minimum Gasteiger partial charge on any atom is -0.322 e. The summed E-state index contributed by atoms with van der Waals surface area (Å²) in [6, 6.07) is 12.3. The van der Waals surface area contributed by atoms with Crippen molar-refractivity contribution >= 4 is 11.6 Å². The second-order valence-corrected chi connectivity index (χ2v) is 6.78. The van der Waals surface area contributed by atoms with E-state index in [0.29, 0.717) is 22.8 Å². The average Bonchev–Trinajstić information content (AvgIpc) is 3.39. The molecular weight excluding hydrogens is 411 g/mol. The van der Waals surface area contributed by atoms with Crippen LogP contribution in [0.3, 0.4) is 0 Å². The SMILES string of the molecule is Cc1ccc(NC(=O)c2ccc(-n3ccc(C(F)(F)F)n3)cc2)cc1-n1nnnc1C. The predicted octanol–water partition coefficient (Wildman–Crippen LogP) is 3.74. The molecule has 11 heteroatoms. The second-order valence-electron chi connectivity index (χ2n) is 6.78. The van der Waals surface area contributed by atoms with Gasteiger partial charge in [-0.05, 0) is 72.3 Å². The number of alkyl halides is 3.